The van der Waals surface area contributed by atoms with E-state index in [1.807, 2.05) is 18.2 Å². The molecule has 1 aliphatic rings. The molecule has 0 saturated carbocycles. The van der Waals surface area contributed by atoms with Crippen LogP contribution in [0.25, 0.3) is 0 Å². The summed E-state index contributed by atoms with van der Waals surface area (Å²) in [4.78, 5) is 25.5. The number of nitrogens with one attached hydrogen (secondary N) is 2. The number of rotatable bonds is 5. The molecule has 2 rings (SSSR count). The summed E-state index contributed by atoms with van der Waals surface area (Å²) in [6.45, 7) is 4.96. The molecule has 0 aliphatic carbocycles. The van der Waals surface area contributed by atoms with Gasteiger partial charge in [-0.1, -0.05) is 36.4 Å². The first kappa shape index (κ1) is 15.3. The summed E-state index contributed by atoms with van der Waals surface area (Å²) in [5.74, 6) is -0.278. The minimum atomic E-state index is -0.477. The fourth-order valence-electron chi connectivity index (χ4n) is 2.63. The highest BCUT2D eigenvalue weighted by Crippen LogP contribution is 2.31. The zero-order chi connectivity index (χ0) is 15.1. The fraction of sp³-hybridized carbons (Fsp3) is 0.375. The van der Waals surface area contributed by atoms with Gasteiger partial charge in [0.2, 0.25) is 5.91 Å². The van der Waals surface area contributed by atoms with Gasteiger partial charge in [0.25, 0.3) is 0 Å². The minimum absolute atomic E-state index is 0.237. The summed E-state index contributed by atoms with van der Waals surface area (Å²) < 4.78 is 0. The van der Waals surface area contributed by atoms with Crippen molar-refractivity contribution in [1.82, 2.24) is 15.5 Å². The molecule has 1 atom stereocenters. The average Bonchev–Trinajstić information content (AvgIpc) is 2.94. The number of urea groups is 1. The van der Waals surface area contributed by atoms with Crippen LogP contribution < -0.4 is 10.6 Å². The minimum Gasteiger partial charge on any atom is -0.334 e. The standard InChI is InChI=1S/C16H21N3O2/c1-2-10-17-16(21)18-15(20)12-19-11-6-9-14(19)13-7-4-3-5-8-13/h2-5,7-8,14H,1,6,9-12H2,(H2,17,18,20,21)/t14-/m0/s1. The van der Waals surface area contributed by atoms with E-state index in [1.165, 1.54) is 5.56 Å². The predicted molar refractivity (Wildman–Crippen MR) is 81.7 cm³/mol. The maximum Gasteiger partial charge on any atom is 0.321 e. The zero-order valence-electron chi connectivity index (χ0n) is 12.0. The topological polar surface area (TPSA) is 61.4 Å². The smallest absolute Gasteiger partial charge is 0.321 e. The highest BCUT2D eigenvalue weighted by molar-refractivity contribution is 5.95. The molecule has 3 amide bonds. The monoisotopic (exact) mass is 287 g/mol. The largest absolute Gasteiger partial charge is 0.334 e. The van der Waals surface area contributed by atoms with Crippen LogP contribution in [0, 0.1) is 0 Å². The summed E-state index contributed by atoms with van der Waals surface area (Å²) in [5, 5.41) is 4.86. The van der Waals surface area contributed by atoms with Crippen molar-refractivity contribution >= 4 is 11.9 Å². The lowest BCUT2D eigenvalue weighted by molar-refractivity contribution is -0.121. The second kappa shape index (κ2) is 7.59. The van der Waals surface area contributed by atoms with Gasteiger partial charge in [-0.3, -0.25) is 15.0 Å². The molecule has 0 unspecified atom stereocenters. The number of amides is 3. The van der Waals surface area contributed by atoms with E-state index in [-0.39, 0.29) is 18.5 Å². The van der Waals surface area contributed by atoms with Gasteiger partial charge in [-0.05, 0) is 24.9 Å². The fourth-order valence-corrected chi connectivity index (χ4v) is 2.63. The lowest BCUT2D eigenvalue weighted by Crippen LogP contribution is -2.44. The van der Waals surface area contributed by atoms with Crippen LogP contribution in [0.2, 0.25) is 0 Å². The molecule has 1 aromatic rings. The molecule has 112 valence electrons. The van der Waals surface area contributed by atoms with Crippen LogP contribution in [0.3, 0.4) is 0 Å². The number of carbonyl (C=O) groups is 2. The molecule has 1 saturated heterocycles. The summed E-state index contributed by atoms with van der Waals surface area (Å²) in [6.07, 6.45) is 3.67. The lowest BCUT2D eigenvalue weighted by Gasteiger charge is -2.24. The van der Waals surface area contributed by atoms with Gasteiger partial charge in [0.15, 0.2) is 0 Å². The van der Waals surface area contributed by atoms with Crippen LogP contribution in [0.15, 0.2) is 43.0 Å². The molecule has 5 heteroatoms. The highest BCUT2D eigenvalue weighted by atomic mass is 16.2. The molecule has 2 N–H and O–H groups in total. The average molecular weight is 287 g/mol. The van der Waals surface area contributed by atoms with Gasteiger partial charge in [-0.15, -0.1) is 6.58 Å². The van der Waals surface area contributed by atoms with E-state index < -0.39 is 6.03 Å². The third kappa shape index (κ3) is 4.43. The molecule has 0 bridgehead atoms. The molecular weight excluding hydrogens is 266 g/mol. The van der Waals surface area contributed by atoms with Crippen molar-refractivity contribution in [3.8, 4) is 0 Å². The van der Waals surface area contributed by atoms with Gasteiger partial charge in [0.05, 0.1) is 6.54 Å². The Morgan fingerprint density at radius 2 is 2.10 bits per heavy atom. The number of nitrogens with zero attached hydrogens (tertiary/aromatic N) is 1. The number of hydrogen-bond acceptors (Lipinski definition) is 3. The maximum absolute atomic E-state index is 11.9. The molecule has 5 nitrogen and oxygen atoms in total. The van der Waals surface area contributed by atoms with Crippen molar-refractivity contribution in [3.05, 3.63) is 48.6 Å². The van der Waals surface area contributed by atoms with Gasteiger partial charge in [-0.2, -0.15) is 0 Å². The van der Waals surface area contributed by atoms with Crippen LogP contribution in [-0.2, 0) is 4.79 Å². The highest BCUT2D eigenvalue weighted by Gasteiger charge is 2.27. The van der Waals surface area contributed by atoms with E-state index in [4.69, 9.17) is 0 Å². The summed E-state index contributed by atoms with van der Waals surface area (Å²) >= 11 is 0. The van der Waals surface area contributed by atoms with Crippen molar-refractivity contribution < 1.29 is 9.59 Å². The first-order valence-corrected chi connectivity index (χ1v) is 7.18. The SMILES string of the molecule is C=CCNC(=O)NC(=O)CN1CCC[C@H]1c1ccccc1. The third-order valence-electron chi connectivity index (χ3n) is 3.55. The first-order chi connectivity index (χ1) is 10.2. The molecule has 1 heterocycles. The van der Waals surface area contributed by atoms with Crippen molar-refractivity contribution in [3.63, 3.8) is 0 Å². The van der Waals surface area contributed by atoms with Crippen LogP contribution in [0.4, 0.5) is 4.79 Å². The van der Waals surface area contributed by atoms with E-state index in [0.29, 0.717) is 6.54 Å². The number of carbonyl (C=O) groups excluding carboxylic acids is 2. The molecule has 1 fully saturated rings. The summed E-state index contributed by atoms with van der Waals surface area (Å²) in [7, 11) is 0. The van der Waals surface area contributed by atoms with Crippen LogP contribution in [-0.4, -0.2) is 36.5 Å². The Balaban J connectivity index is 1.88. The Bertz CT molecular complexity index is 502. The quantitative estimate of drug-likeness (QED) is 0.812. The van der Waals surface area contributed by atoms with Crippen molar-refractivity contribution in [1.29, 1.82) is 0 Å². The maximum atomic E-state index is 11.9. The Hall–Kier alpha value is -2.14. The Labute approximate surface area is 125 Å². The van der Waals surface area contributed by atoms with Crippen molar-refractivity contribution in [2.75, 3.05) is 19.6 Å². The van der Waals surface area contributed by atoms with E-state index in [1.54, 1.807) is 6.08 Å². The van der Waals surface area contributed by atoms with Crippen LogP contribution in [0.5, 0.6) is 0 Å². The summed E-state index contributed by atoms with van der Waals surface area (Å²) in [6, 6.07) is 9.95. The molecule has 1 aromatic carbocycles. The van der Waals surface area contributed by atoms with Gasteiger partial charge < -0.3 is 5.32 Å². The summed E-state index contributed by atoms with van der Waals surface area (Å²) in [5.41, 5.74) is 1.22. The van der Waals surface area contributed by atoms with E-state index in [0.717, 1.165) is 19.4 Å². The Morgan fingerprint density at radius 3 is 2.81 bits per heavy atom. The second-order valence-electron chi connectivity index (χ2n) is 5.09. The Kier molecular flexibility index (Phi) is 5.51. The van der Waals surface area contributed by atoms with Gasteiger partial charge >= 0.3 is 6.03 Å². The van der Waals surface area contributed by atoms with E-state index in [2.05, 4.69) is 34.2 Å². The molecule has 0 spiro atoms. The number of hydrogen-bond donors (Lipinski definition) is 2. The molecular formula is C16H21N3O2. The van der Waals surface area contributed by atoms with E-state index >= 15 is 0 Å². The molecule has 0 radical (unpaired) electrons. The predicted octanol–water partition coefficient (Wildman–Crippen LogP) is 1.84. The second-order valence-corrected chi connectivity index (χ2v) is 5.09. The Morgan fingerprint density at radius 1 is 1.33 bits per heavy atom. The third-order valence-corrected chi connectivity index (χ3v) is 3.55. The molecule has 1 aliphatic heterocycles. The molecule has 0 aromatic heterocycles. The van der Waals surface area contributed by atoms with Crippen molar-refractivity contribution in [2.45, 2.75) is 18.9 Å². The number of imide groups is 1. The zero-order valence-corrected chi connectivity index (χ0v) is 12.0. The number of benzene rings is 1. The first-order valence-electron chi connectivity index (χ1n) is 7.18. The van der Waals surface area contributed by atoms with Gasteiger partial charge in [-0.25, -0.2) is 4.79 Å². The van der Waals surface area contributed by atoms with Gasteiger partial charge in [0, 0.05) is 12.6 Å². The van der Waals surface area contributed by atoms with Crippen LogP contribution >= 0.6 is 0 Å². The normalized spacial score (nSPS) is 18.2. The van der Waals surface area contributed by atoms with E-state index in [9.17, 15) is 9.59 Å². The number of likely N-dealkylation sites (tertiary alicyclic amines) is 1. The lowest BCUT2D eigenvalue weighted by atomic mass is 10.0. The molecule has 21 heavy (non-hydrogen) atoms. The van der Waals surface area contributed by atoms with Gasteiger partial charge in [0.1, 0.15) is 0 Å². The van der Waals surface area contributed by atoms with Crippen molar-refractivity contribution in [2.24, 2.45) is 0 Å². The van der Waals surface area contributed by atoms with Crippen LogP contribution in [0.1, 0.15) is 24.4 Å².